The Bertz CT molecular complexity index is 365. The van der Waals surface area contributed by atoms with Gasteiger partial charge >= 0.3 is 0 Å². The molecule has 0 aliphatic heterocycles. The Morgan fingerprint density at radius 3 is 2.89 bits per heavy atom. The molecule has 5 nitrogen and oxygen atoms in total. The van der Waals surface area contributed by atoms with Gasteiger partial charge in [-0.15, -0.1) is 0 Å². The van der Waals surface area contributed by atoms with Crippen LogP contribution in [0.2, 0.25) is 0 Å². The summed E-state index contributed by atoms with van der Waals surface area (Å²) in [6, 6.07) is 3.40. The Labute approximate surface area is 107 Å². The van der Waals surface area contributed by atoms with Crippen LogP contribution in [-0.4, -0.2) is 35.3 Å². The van der Waals surface area contributed by atoms with Gasteiger partial charge in [0.25, 0.3) is 5.91 Å². The molecule has 0 spiro atoms. The number of amides is 1. The third kappa shape index (κ3) is 4.71. The number of aliphatic hydroxyl groups is 1. The van der Waals surface area contributed by atoms with Crippen molar-refractivity contribution in [2.45, 2.75) is 32.7 Å². The van der Waals surface area contributed by atoms with Gasteiger partial charge in [-0.1, -0.05) is 0 Å². The highest BCUT2D eigenvalue weighted by molar-refractivity contribution is 5.94. The first-order valence-electron chi connectivity index (χ1n) is 6.18. The molecule has 1 aromatic rings. The second-order valence-electron chi connectivity index (χ2n) is 4.06. The predicted octanol–water partition coefficient (Wildman–Crippen LogP) is 1.37. The van der Waals surface area contributed by atoms with Crippen LogP contribution in [0.25, 0.3) is 0 Å². The van der Waals surface area contributed by atoms with Crippen molar-refractivity contribution >= 4 is 5.91 Å². The maximum Gasteiger partial charge on any atom is 0.253 e. The first kappa shape index (κ1) is 14.4. The van der Waals surface area contributed by atoms with E-state index >= 15 is 0 Å². The lowest BCUT2D eigenvalue weighted by molar-refractivity contribution is 0.0936. The normalized spacial score (nSPS) is 11.9. The summed E-state index contributed by atoms with van der Waals surface area (Å²) in [5.41, 5.74) is 0.509. The molecule has 5 heteroatoms. The number of hydrogen-bond donors (Lipinski definition) is 2. The van der Waals surface area contributed by atoms with Crippen LogP contribution in [0.4, 0.5) is 0 Å². The molecule has 0 aliphatic rings. The predicted molar refractivity (Wildman–Crippen MR) is 68.7 cm³/mol. The zero-order valence-corrected chi connectivity index (χ0v) is 10.8. The zero-order valence-electron chi connectivity index (χ0n) is 10.8. The molecule has 0 saturated heterocycles. The second-order valence-corrected chi connectivity index (χ2v) is 4.06. The van der Waals surface area contributed by atoms with E-state index in [4.69, 9.17) is 9.84 Å². The van der Waals surface area contributed by atoms with Crippen LogP contribution in [0.5, 0.6) is 5.88 Å². The summed E-state index contributed by atoms with van der Waals surface area (Å²) < 4.78 is 5.20. The number of rotatable bonds is 7. The van der Waals surface area contributed by atoms with E-state index in [1.807, 2.05) is 13.8 Å². The molecule has 0 bridgehead atoms. The van der Waals surface area contributed by atoms with E-state index in [9.17, 15) is 4.79 Å². The molecule has 1 unspecified atom stereocenters. The highest BCUT2D eigenvalue weighted by Crippen LogP contribution is 2.08. The van der Waals surface area contributed by atoms with Crippen LogP contribution >= 0.6 is 0 Å². The molecule has 0 fully saturated rings. The smallest absolute Gasteiger partial charge is 0.253 e. The van der Waals surface area contributed by atoms with E-state index in [1.165, 1.54) is 6.20 Å². The lowest BCUT2D eigenvalue weighted by Crippen LogP contribution is -2.32. The number of aromatic nitrogens is 1. The van der Waals surface area contributed by atoms with E-state index in [-0.39, 0.29) is 18.6 Å². The number of aliphatic hydroxyl groups excluding tert-OH is 1. The lowest BCUT2D eigenvalue weighted by Gasteiger charge is -2.13. The van der Waals surface area contributed by atoms with Gasteiger partial charge in [-0.25, -0.2) is 4.98 Å². The number of nitrogens with zero attached hydrogens (tertiary/aromatic N) is 1. The van der Waals surface area contributed by atoms with Crippen molar-refractivity contribution in [1.29, 1.82) is 0 Å². The van der Waals surface area contributed by atoms with Crippen molar-refractivity contribution < 1.29 is 14.6 Å². The number of carbonyl (C=O) groups excluding carboxylic acids is 1. The summed E-state index contributed by atoms with van der Waals surface area (Å²) in [5, 5.41) is 11.6. The van der Waals surface area contributed by atoms with E-state index in [0.717, 1.165) is 6.42 Å². The van der Waals surface area contributed by atoms with E-state index in [1.54, 1.807) is 12.1 Å². The standard InChI is InChI=1S/C13H20N2O3/c1-3-18-12-7-6-11(9-14-12)13(17)15-10(2)5-4-8-16/h6-7,9-10,16H,3-5,8H2,1-2H3,(H,15,17). The van der Waals surface area contributed by atoms with Gasteiger partial charge in [-0.3, -0.25) is 4.79 Å². The van der Waals surface area contributed by atoms with Crippen molar-refractivity contribution in [2.75, 3.05) is 13.2 Å². The number of ether oxygens (including phenoxy) is 1. The summed E-state index contributed by atoms with van der Waals surface area (Å²) in [5.74, 6) is 0.360. The topological polar surface area (TPSA) is 71.5 Å². The highest BCUT2D eigenvalue weighted by Gasteiger charge is 2.10. The number of nitrogens with one attached hydrogen (secondary N) is 1. The van der Waals surface area contributed by atoms with Crippen LogP contribution in [-0.2, 0) is 0 Å². The molecule has 1 heterocycles. The Morgan fingerprint density at radius 2 is 2.33 bits per heavy atom. The van der Waals surface area contributed by atoms with Crippen molar-refractivity contribution in [3.8, 4) is 5.88 Å². The van der Waals surface area contributed by atoms with E-state index < -0.39 is 0 Å². The molecule has 1 rings (SSSR count). The largest absolute Gasteiger partial charge is 0.478 e. The molecule has 1 aromatic heterocycles. The van der Waals surface area contributed by atoms with Crippen molar-refractivity contribution in [3.63, 3.8) is 0 Å². The maximum atomic E-state index is 11.8. The molecule has 1 atom stereocenters. The molecule has 18 heavy (non-hydrogen) atoms. The van der Waals surface area contributed by atoms with Crippen LogP contribution in [0.15, 0.2) is 18.3 Å². The molecular formula is C13H20N2O3. The van der Waals surface area contributed by atoms with Gasteiger partial charge in [0.2, 0.25) is 5.88 Å². The van der Waals surface area contributed by atoms with E-state index in [2.05, 4.69) is 10.3 Å². The SMILES string of the molecule is CCOc1ccc(C(=O)NC(C)CCCO)cn1. The molecule has 100 valence electrons. The first-order valence-corrected chi connectivity index (χ1v) is 6.18. The number of carbonyl (C=O) groups is 1. The Balaban J connectivity index is 2.50. The Morgan fingerprint density at radius 1 is 1.56 bits per heavy atom. The van der Waals surface area contributed by atoms with Gasteiger partial charge in [0.05, 0.1) is 12.2 Å². The minimum Gasteiger partial charge on any atom is -0.478 e. The minimum absolute atomic E-state index is 0.0382. The third-order valence-corrected chi connectivity index (χ3v) is 2.46. The monoisotopic (exact) mass is 252 g/mol. The summed E-state index contributed by atoms with van der Waals surface area (Å²) in [7, 11) is 0. The number of pyridine rings is 1. The summed E-state index contributed by atoms with van der Waals surface area (Å²) in [6.07, 6.45) is 2.94. The fraction of sp³-hybridized carbons (Fsp3) is 0.538. The van der Waals surface area contributed by atoms with Gasteiger partial charge in [0.1, 0.15) is 0 Å². The second kappa shape index (κ2) is 7.66. The van der Waals surface area contributed by atoms with Crippen molar-refractivity contribution in [1.82, 2.24) is 10.3 Å². The van der Waals surface area contributed by atoms with Crippen LogP contribution in [0.3, 0.4) is 0 Å². The average Bonchev–Trinajstić information content (AvgIpc) is 2.37. The average molecular weight is 252 g/mol. The van der Waals surface area contributed by atoms with Crippen molar-refractivity contribution in [3.05, 3.63) is 23.9 Å². The summed E-state index contributed by atoms with van der Waals surface area (Å²) >= 11 is 0. The zero-order chi connectivity index (χ0) is 13.4. The number of hydrogen-bond acceptors (Lipinski definition) is 4. The van der Waals surface area contributed by atoms with Crippen molar-refractivity contribution in [2.24, 2.45) is 0 Å². The quantitative estimate of drug-likeness (QED) is 0.769. The molecule has 2 N–H and O–H groups in total. The Kier molecular flexibility index (Phi) is 6.14. The van der Waals surface area contributed by atoms with Crippen LogP contribution in [0.1, 0.15) is 37.0 Å². The summed E-state index contributed by atoms with van der Waals surface area (Å²) in [6.45, 7) is 4.49. The molecule has 1 amide bonds. The fourth-order valence-corrected chi connectivity index (χ4v) is 1.52. The summed E-state index contributed by atoms with van der Waals surface area (Å²) in [4.78, 5) is 15.9. The lowest BCUT2D eigenvalue weighted by atomic mass is 10.1. The van der Waals surface area contributed by atoms with Gasteiger partial charge in [-0.2, -0.15) is 0 Å². The van der Waals surface area contributed by atoms with Gasteiger partial charge in [-0.05, 0) is 32.8 Å². The minimum atomic E-state index is -0.156. The van der Waals surface area contributed by atoms with Gasteiger partial charge in [0.15, 0.2) is 0 Å². The van der Waals surface area contributed by atoms with Crippen LogP contribution < -0.4 is 10.1 Å². The molecule has 0 aliphatic carbocycles. The van der Waals surface area contributed by atoms with Crippen LogP contribution in [0, 0.1) is 0 Å². The van der Waals surface area contributed by atoms with Gasteiger partial charge in [0, 0.05) is 24.9 Å². The highest BCUT2D eigenvalue weighted by atomic mass is 16.5. The molecule has 0 saturated carbocycles. The third-order valence-electron chi connectivity index (χ3n) is 2.46. The first-order chi connectivity index (χ1) is 8.67. The van der Waals surface area contributed by atoms with Gasteiger partial charge < -0.3 is 15.2 Å². The molecule has 0 radical (unpaired) electrons. The Hall–Kier alpha value is -1.62. The fourth-order valence-electron chi connectivity index (χ4n) is 1.52. The maximum absolute atomic E-state index is 11.8. The molecular weight excluding hydrogens is 232 g/mol. The van der Waals surface area contributed by atoms with E-state index in [0.29, 0.717) is 24.5 Å². The molecule has 0 aromatic carbocycles.